The monoisotopic (exact) mass is 403 g/mol. The summed E-state index contributed by atoms with van der Waals surface area (Å²) in [6.45, 7) is 2.31. The zero-order valence-corrected chi connectivity index (χ0v) is 16.5. The van der Waals surface area contributed by atoms with Crippen molar-refractivity contribution in [1.29, 1.82) is 0 Å². The molecule has 4 aromatic rings. The number of carbonyl (C=O) groups is 1. The summed E-state index contributed by atoms with van der Waals surface area (Å²) in [6, 6.07) is 18.9. The molecule has 29 heavy (non-hydrogen) atoms. The average Bonchev–Trinajstić information content (AvgIpc) is 3.19. The van der Waals surface area contributed by atoms with Crippen molar-refractivity contribution in [3.05, 3.63) is 94.9 Å². The van der Waals surface area contributed by atoms with Gasteiger partial charge in [0, 0.05) is 29.5 Å². The summed E-state index contributed by atoms with van der Waals surface area (Å²) in [6.07, 6.45) is 3.37. The highest BCUT2D eigenvalue weighted by molar-refractivity contribution is 6.31. The predicted octanol–water partition coefficient (Wildman–Crippen LogP) is 4.22. The largest absolute Gasteiger partial charge is 0.346 e. The number of hydrogen-bond donors (Lipinski definition) is 1. The van der Waals surface area contributed by atoms with Gasteiger partial charge in [-0.3, -0.25) is 9.78 Å². The molecular formula is C22H18ClN5O. The molecule has 144 valence electrons. The molecule has 0 aliphatic heterocycles. The van der Waals surface area contributed by atoms with Crippen LogP contribution in [0.2, 0.25) is 5.02 Å². The summed E-state index contributed by atoms with van der Waals surface area (Å²) in [5.74, 6) is -0.331. The van der Waals surface area contributed by atoms with Crippen LogP contribution in [-0.2, 0) is 6.54 Å². The first-order chi connectivity index (χ1) is 14.1. The summed E-state index contributed by atoms with van der Waals surface area (Å²) in [5.41, 5.74) is 4.34. The number of benzene rings is 2. The van der Waals surface area contributed by atoms with Crippen LogP contribution in [0.25, 0.3) is 16.9 Å². The lowest BCUT2D eigenvalue weighted by molar-refractivity contribution is 0.0946. The molecule has 2 aromatic heterocycles. The first-order valence-electron chi connectivity index (χ1n) is 9.08. The van der Waals surface area contributed by atoms with Crippen molar-refractivity contribution < 1.29 is 4.79 Å². The molecule has 0 saturated heterocycles. The van der Waals surface area contributed by atoms with Crippen LogP contribution in [0.1, 0.15) is 21.6 Å². The molecule has 0 spiro atoms. The zero-order chi connectivity index (χ0) is 20.2. The highest BCUT2D eigenvalue weighted by Crippen LogP contribution is 2.25. The number of carbonyl (C=O) groups excluding carboxylic acids is 1. The Labute approximate surface area is 173 Å². The molecule has 0 aliphatic carbocycles. The Hall–Kier alpha value is -3.51. The lowest BCUT2D eigenvalue weighted by atomic mass is 10.1. The molecule has 0 saturated carbocycles. The third-order valence-corrected chi connectivity index (χ3v) is 4.86. The fourth-order valence-electron chi connectivity index (χ4n) is 2.96. The van der Waals surface area contributed by atoms with Crippen molar-refractivity contribution in [1.82, 2.24) is 25.3 Å². The van der Waals surface area contributed by atoms with Gasteiger partial charge in [0.2, 0.25) is 0 Å². The van der Waals surface area contributed by atoms with Gasteiger partial charge in [0.15, 0.2) is 5.69 Å². The molecule has 0 fully saturated rings. The smallest absolute Gasteiger partial charge is 0.274 e. The molecule has 1 amide bonds. The molecule has 0 atom stereocenters. The van der Waals surface area contributed by atoms with E-state index >= 15 is 0 Å². The maximum absolute atomic E-state index is 12.9. The lowest BCUT2D eigenvalue weighted by Crippen LogP contribution is -2.24. The van der Waals surface area contributed by atoms with E-state index in [-0.39, 0.29) is 11.6 Å². The van der Waals surface area contributed by atoms with E-state index in [4.69, 9.17) is 11.6 Å². The number of nitrogens with one attached hydrogen (secondary N) is 1. The van der Waals surface area contributed by atoms with E-state index < -0.39 is 0 Å². The number of pyridine rings is 1. The van der Waals surface area contributed by atoms with E-state index in [1.807, 2.05) is 61.5 Å². The SMILES string of the molecule is Cc1ccc(-n2nnc(C(=O)NCc3ccccc3Cl)c2-c2cccnc2)cc1. The molecule has 2 heterocycles. The summed E-state index contributed by atoms with van der Waals surface area (Å²) < 4.78 is 1.65. The summed E-state index contributed by atoms with van der Waals surface area (Å²) in [7, 11) is 0. The second kappa shape index (κ2) is 8.24. The molecule has 4 rings (SSSR count). The molecule has 0 unspecified atom stereocenters. The van der Waals surface area contributed by atoms with Crippen molar-refractivity contribution in [2.45, 2.75) is 13.5 Å². The highest BCUT2D eigenvalue weighted by atomic mass is 35.5. The first-order valence-corrected chi connectivity index (χ1v) is 9.46. The van der Waals surface area contributed by atoms with Crippen molar-refractivity contribution in [3.8, 4) is 16.9 Å². The van der Waals surface area contributed by atoms with Gasteiger partial charge in [-0.1, -0.05) is 52.7 Å². The molecule has 0 bridgehead atoms. The minimum absolute atomic E-state index is 0.227. The Balaban J connectivity index is 1.70. The summed E-state index contributed by atoms with van der Waals surface area (Å²) in [5, 5.41) is 11.9. The Morgan fingerprint density at radius 1 is 1.07 bits per heavy atom. The molecule has 0 aliphatic rings. The number of rotatable bonds is 5. The fourth-order valence-corrected chi connectivity index (χ4v) is 3.17. The number of aryl methyl sites for hydroxylation is 1. The standard InChI is InChI=1S/C22H18ClN5O/c1-15-8-10-18(11-9-15)28-21(17-6-4-12-24-13-17)20(26-27-28)22(29)25-14-16-5-2-3-7-19(16)23/h2-13H,14H2,1H3,(H,25,29). The summed E-state index contributed by atoms with van der Waals surface area (Å²) >= 11 is 6.19. The van der Waals surface area contributed by atoms with E-state index in [1.54, 1.807) is 23.1 Å². The van der Waals surface area contributed by atoms with Crippen LogP contribution >= 0.6 is 11.6 Å². The van der Waals surface area contributed by atoms with Gasteiger partial charge < -0.3 is 5.32 Å². The lowest BCUT2D eigenvalue weighted by Gasteiger charge is -2.09. The van der Waals surface area contributed by atoms with Crippen molar-refractivity contribution in [3.63, 3.8) is 0 Å². The second-order valence-corrected chi connectivity index (χ2v) is 6.96. The Bertz CT molecular complexity index is 1140. The third-order valence-electron chi connectivity index (χ3n) is 4.50. The molecule has 0 radical (unpaired) electrons. The van der Waals surface area contributed by atoms with E-state index in [0.29, 0.717) is 17.3 Å². The van der Waals surface area contributed by atoms with Crippen molar-refractivity contribution >= 4 is 17.5 Å². The molecule has 2 aromatic carbocycles. The quantitative estimate of drug-likeness (QED) is 0.541. The number of aromatic nitrogens is 4. The van der Waals surface area contributed by atoms with Crippen LogP contribution in [0.5, 0.6) is 0 Å². The Morgan fingerprint density at radius 3 is 2.59 bits per heavy atom. The highest BCUT2D eigenvalue weighted by Gasteiger charge is 2.22. The maximum atomic E-state index is 12.9. The van der Waals surface area contributed by atoms with Gasteiger partial charge >= 0.3 is 0 Å². The van der Waals surface area contributed by atoms with E-state index in [9.17, 15) is 4.79 Å². The molecular weight excluding hydrogens is 386 g/mol. The zero-order valence-electron chi connectivity index (χ0n) is 15.7. The predicted molar refractivity (Wildman–Crippen MR) is 112 cm³/mol. The number of hydrogen-bond acceptors (Lipinski definition) is 4. The van der Waals surface area contributed by atoms with Crippen LogP contribution in [-0.4, -0.2) is 25.9 Å². The topological polar surface area (TPSA) is 72.7 Å². The van der Waals surface area contributed by atoms with Crippen LogP contribution in [0.3, 0.4) is 0 Å². The van der Waals surface area contributed by atoms with Crippen molar-refractivity contribution in [2.24, 2.45) is 0 Å². The minimum atomic E-state index is -0.331. The first kappa shape index (κ1) is 18.8. The molecule has 6 nitrogen and oxygen atoms in total. The molecule has 1 N–H and O–H groups in total. The Kier molecular flexibility index (Phi) is 5.35. The molecule has 7 heteroatoms. The third kappa shape index (κ3) is 4.02. The minimum Gasteiger partial charge on any atom is -0.346 e. The number of nitrogens with zero attached hydrogens (tertiary/aromatic N) is 4. The van der Waals surface area contributed by atoms with Gasteiger partial charge in [0.1, 0.15) is 5.69 Å². The number of halogens is 1. The van der Waals surface area contributed by atoms with Crippen LogP contribution in [0.15, 0.2) is 73.1 Å². The van der Waals surface area contributed by atoms with Crippen LogP contribution in [0, 0.1) is 6.92 Å². The maximum Gasteiger partial charge on any atom is 0.274 e. The van der Waals surface area contributed by atoms with Gasteiger partial charge in [-0.25, -0.2) is 4.68 Å². The normalized spacial score (nSPS) is 10.7. The van der Waals surface area contributed by atoms with Gasteiger partial charge in [0.05, 0.1) is 5.69 Å². The van der Waals surface area contributed by atoms with Crippen LogP contribution < -0.4 is 5.32 Å². The van der Waals surface area contributed by atoms with Gasteiger partial charge in [-0.05, 0) is 42.8 Å². The van der Waals surface area contributed by atoms with Gasteiger partial charge in [-0.2, -0.15) is 0 Å². The van der Waals surface area contributed by atoms with E-state index in [1.165, 1.54) is 0 Å². The fraction of sp³-hybridized carbons (Fsp3) is 0.0909. The van der Waals surface area contributed by atoms with E-state index in [2.05, 4.69) is 20.6 Å². The Morgan fingerprint density at radius 2 is 1.86 bits per heavy atom. The summed E-state index contributed by atoms with van der Waals surface area (Å²) in [4.78, 5) is 17.1. The van der Waals surface area contributed by atoms with Crippen molar-refractivity contribution in [2.75, 3.05) is 0 Å². The van der Waals surface area contributed by atoms with Gasteiger partial charge in [-0.15, -0.1) is 5.10 Å². The second-order valence-electron chi connectivity index (χ2n) is 6.55. The van der Waals surface area contributed by atoms with E-state index in [0.717, 1.165) is 22.4 Å². The van der Waals surface area contributed by atoms with Crippen LogP contribution in [0.4, 0.5) is 0 Å². The van der Waals surface area contributed by atoms with Gasteiger partial charge in [0.25, 0.3) is 5.91 Å². The average molecular weight is 404 g/mol. The number of amides is 1.